The lowest BCUT2D eigenvalue weighted by molar-refractivity contribution is 0.901. The second-order valence-corrected chi connectivity index (χ2v) is 3.72. The third kappa shape index (κ3) is 2.01. The molecule has 4 nitrogen and oxygen atoms in total. The lowest BCUT2D eigenvalue weighted by Crippen LogP contribution is -2.14. The third-order valence-electron chi connectivity index (χ3n) is 2.40. The molecule has 0 unspecified atom stereocenters. The van der Waals surface area contributed by atoms with E-state index in [2.05, 4.69) is 15.3 Å². The van der Waals surface area contributed by atoms with E-state index in [4.69, 9.17) is 5.73 Å². The molecule has 0 atom stereocenters. The first kappa shape index (κ1) is 9.40. The van der Waals surface area contributed by atoms with Gasteiger partial charge >= 0.3 is 0 Å². The van der Waals surface area contributed by atoms with Gasteiger partial charge in [-0.15, -0.1) is 0 Å². The van der Waals surface area contributed by atoms with Gasteiger partial charge in [-0.25, -0.2) is 9.97 Å². The molecule has 0 spiro atoms. The Bertz CT molecular complexity index is 320. The zero-order valence-corrected chi connectivity index (χ0v) is 8.45. The highest BCUT2D eigenvalue weighted by Gasteiger charge is 2.26. The van der Waals surface area contributed by atoms with Crippen molar-refractivity contribution in [1.82, 2.24) is 9.97 Å². The van der Waals surface area contributed by atoms with Gasteiger partial charge in [0, 0.05) is 19.0 Å². The maximum absolute atomic E-state index is 5.41. The Balaban J connectivity index is 2.09. The van der Waals surface area contributed by atoms with E-state index in [0.29, 0.717) is 12.5 Å². The topological polar surface area (TPSA) is 63.8 Å². The number of nitrogens with two attached hydrogens (primary N) is 1. The van der Waals surface area contributed by atoms with Crippen LogP contribution in [0.2, 0.25) is 0 Å². The van der Waals surface area contributed by atoms with Gasteiger partial charge in [0.15, 0.2) is 0 Å². The predicted molar refractivity (Wildman–Crippen MR) is 56.3 cm³/mol. The summed E-state index contributed by atoms with van der Waals surface area (Å²) in [6, 6.07) is 0. The minimum absolute atomic E-state index is 0.622. The molecule has 1 aromatic rings. The second kappa shape index (κ2) is 3.92. The smallest absolute Gasteiger partial charge is 0.131 e. The summed E-state index contributed by atoms with van der Waals surface area (Å²) in [5, 5.41) is 3.20. The zero-order valence-electron chi connectivity index (χ0n) is 8.45. The number of nitrogens with one attached hydrogen (secondary N) is 1. The molecule has 0 bridgehead atoms. The van der Waals surface area contributed by atoms with Gasteiger partial charge in [0.05, 0.1) is 17.6 Å². The number of hydrogen-bond donors (Lipinski definition) is 2. The van der Waals surface area contributed by atoms with Gasteiger partial charge in [-0.3, -0.25) is 0 Å². The number of hydrogen-bond acceptors (Lipinski definition) is 4. The summed E-state index contributed by atoms with van der Waals surface area (Å²) in [6.07, 6.45) is 4.36. The minimum Gasteiger partial charge on any atom is -0.381 e. The number of aryl methyl sites for hydroxylation is 1. The van der Waals surface area contributed by atoms with Gasteiger partial charge < -0.3 is 11.1 Å². The molecule has 2 rings (SSSR count). The number of rotatable bonds is 4. The van der Waals surface area contributed by atoms with Crippen LogP contribution in [0.1, 0.15) is 30.3 Å². The Morgan fingerprint density at radius 2 is 2.36 bits per heavy atom. The molecule has 0 radical (unpaired) electrons. The summed E-state index contributed by atoms with van der Waals surface area (Å²) in [5.41, 5.74) is 7.43. The molecular formula is C10H16N4. The first-order chi connectivity index (χ1) is 6.81. The molecular weight excluding hydrogens is 176 g/mol. The largest absolute Gasteiger partial charge is 0.381 e. The van der Waals surface area contributed by atoms with Crippen LogP contribution in [-0.4, -0.2) is 23.1 Å². The fourth-order valence-electron chi connectivity index (χ4n) is 1.40. The van der Waals surface area contributed by atoms with Crippen LogP contribution in [0.3, 0.4) is 0 Å². The van der Waals surface area contributed by atoms with Crippen LogP contribution in [0.25, 0.3) is 0 Å². The van der Waals surface area contributed by atoms with Crippen molar-refractivity contribution in [3.05, 3.63) is 17.7 Å². The summed E-state index contributed by atoms with van der Waals surface area (Å²) < 4.78 is 0. The van der Waals surface area contributed by atoms with Crippen molar-refractivity contribution in [2.45, 2.75) is 25.7 Å². The van der Waals surface area contributed by atoms with Crippen molar-refractivity contribution in [1.29, 1.82) is 0 Å². The van der Waals surface area contributed by atoms with Crippen molar-refractivity contribution >= 4 is 5.69 Å². The molecule has 1 saturated carbocycles. The van der Waals surface area contributed by atoms with E-state index in [1.165, 1.54) is 12.8 Å². The molecule has 1 aliphatic carbocycles. The van der Waals surface area contributed by atoms with Crippen molar-refractivity contribution in [2.24, 2.45) is 5.73 Å². The Morgan fingerprint density at radius 3 is 2.93 bits per heavy atom. The molecule has 1 fully saturated rings. The molecule has 0 aromatic carbocycles. The SMILES string of the molecule is Cc1nc(C2CC2)ncc1NCCN. The Kier molecular flexibility index (Phi) is 2.63. The van der Waals surface area contributed by atoms with Crippen LogP contribution < -0.4 is 11.1 Å². The van der Waals surface area contributed by atoms with Gasteiger partial charge in [0.1, 0.15) is 5.82 Å². The Hall–Kier alpha value is -1.16. The van der Waals surface area contributed by atoms with E-state index in [0.717, 1.165) is 23.8 Å². The van der Waals surface area contributed by atoms with E-state index in [9.17, 15) is 0 Å². The van der Waals surface area contributed by atoms with E-state index in [1.807, 2.05) is 13.1 Å². The molecule has 1 aliphatic rings. The highest BCUT2D eigenvalue weighted by Crippen LogP contribution is 2.38. The van der Waals surface area contributed by atoms with Crippen LogP contribution in [0.5, 0.6) is 0 Å². The summed E-state index contributed by atoms with van der Waals surface area (Å²) in [4.78, 5) is 8.81. The van der Waals surface area contributed by atoms with Crippen molar-refractivity contribution in [2.75, 3.05) is 18.4 Å². The van der Waals surface area contributed by atoms with E-state index in [-0.39, 0.29) is 0 Å². The maximum atomic E-state index is 5.41. The summed E-state index contributed by atoms with van der Waals surface area (Å²) in [5.74, 6) is 1.62. The lowest BCUT2D eigenvalue weighted by atomic mass is 10.3. The molecule has 0 saturated heterocycles. The van der Waals surface area contributed by atoms with Crippen LogP contribution >= 0.6 is 0 Å². The molecule has 14 heavy (non-hydrogen) atoms. The maximum Gasteiger partial charge on any atom is 0.131 e. The predicted octanol–water partition coefficient (Wildman–Crippen LogP) is 1.03. The Morgan fingerprint density at radius 1 is 1.57 bits per heavy atom. The molecule has 1 aromatic heterocycles. The van der Waals surface area contributed by atoms with E-state index < -0.39 is 0 Å². The number of aromatic nitrogens is 2. The normalized spacial score (nSPS) is 15.6. The number of nitrogens with zero attached hydrogens (tertiary/aromatic N) is 2. The second-order valence-electron chi connectivity index (χ2n) is 3.72. The monoisotopic (exact) mass is 192 g/mol. The van der Waals surface area contributed by atoms with E-state index in [1.54, 1.807) is 0 Å². The van der Waals surface area contributed by atoms with Crippen LogP contribution in [0.4, 0.5) is 5.69 Å². The molecule has 76 valence electrons. The third-order valence-corrected chi connectivity index (χ3v) is 2.40. The molecule has 3 N–H and O–H groups in total. The van der Waals surface area contributed by atoms with E-state index >= 15 is 0 Å². The average molecular weight is 192 g/mol. The number of anilines is 1. The highest BCUT2D eigenvalue weighted by atomic mass is 15.0. The van der Waals surface area contributed by atoms with Gasteiger partial charge in [-0.1, -0.05) is 0 Å². The van der Waals surface area contributed by atoms with Gasteiger partial charge in [-0.2, -0.15) is 0 Å². The van der Waals surface area contributed by atoms with Crippen molar-refractivity contribution in [3.63, 3.8) is 0 Å². The fraction of sp³-hybridized carbons (Fsp3) is 0.600. The fourth-order valence-corrected chi connectivity index (χ4v) is 1.40. The highest BCUT2D eigenvalue weighted by molar-refractivity contribution is 5.45. The minimum atomic E-state index is 0.622. The average Bonchev–Trinajstić information content (AvgIpc) is 2.99. The molecule has 0 amide bonds. The first-order valence-corrected chi connectivity index (χ1v) is 5.08. The molecule has 1 heterocycles. The lowest BCUT2D eigenvalue weighted by Gasteiger charge is -2.07. The molecule has 0 aliphatic heterocycles. The zero-order chi connectivity index (χ0) is 9.97. The summed E-state index contributed by atoms with van der Waals surface area (Å²) in [7, 11) is 0. The first-order valence-electron chi connectivity index (χ1n) is 5.08. The standard InChI is InChI=1S/C10H16N4/c1-7-9(12-5-4-11)6-13-10(14-7)8-2-3-8/h6,8,12H,2-5,11H2,1H3. The molecule has 4 heteroatoms. The van der Waals surface area contributed by atoms with Crippen molar-refractivity contribution < 1.29 is 0 Å². The van der Waals surface area contributed by atoms with Crippen LogP contribution in [0.15, 0.2) is 6.20 Å². The van der Waals surface area contributed by atoms with Gasteiger partial charge in [-0.05, 0) is 19.8 Å². The van der Waals surface area contributed by atoms with Crippen LogP contribution in [0, 0.1) is 6.92 Å². The Labute approximate surface area is 83.9 Å². The van der Waals surface area contributed by atoms with Crippen LogP contribution in [-0.2, 0) is 0 Å². The van der Waals surface area contributed by atoms with Gasteiger partial charge in [0.2, 0.25) is 0 Å². The van der Waals surface area contributed by atoms with Crippen molar-refractivity contribution in [3.8, 4) is 0 Å². The quantitative estimate of drug-likeness (QED) is 0.748. The summed E-state index contributed by atoms with van der Waals surface area (Å²) >= 11 is 0. The summed E-state index contributed by atoms with van der Waals surface area (Å²) in [6.45, 7) is 3.41. The van der Waals surface area contributed by atoms with Gasteiger partial charge in [0.25, 0.3) is 0 Å².